The molecule has 6 nitrogen and oxygen atoms in total. The van der Waals surface area contributed by atoms with Crippen LogP contribution in [0.4, 0.5) is 5.69 Å². The van der Waals surface area contributed by atoms with Crippen LogP contribution in [0.1, 0.15) is 38.7 Å². The minimum Gasteiger partial charge on any atom is -0.354 e. The number of nitrogens with one attached hydrogen (secondary N) is 1. The van der Waals surface area contributed by atoms with E-state index in [-0.39, 0.29) is 29.5 Å². The number of rotatable bonds is 8. The van der Waals surface area contributed by atoms with Gasteiger partial charge in [-0.15, -0.1) is 12.4 Å². The molecular weight excluding hydrogens is 306 g/mol. The summed E-state index contributed by atoms with van der Waals surface area (Å²) in [5.41, 5.74) is 6.58. The monoisotopic (exact) mass is 329 g/mol. The second kappa shape index (κ2) is 9.38. The number of hydrogen-bond acceptors (Lipinski definition) is 4. The summed E-state index contributed by atoms with van der Waals surface area (Å²) in [6.45, 7) is 4.45. The van der Waals surface area contributed by atoms with Crippen LogP contribution in [0, 0.1) is 10.1 Å². The first-order chi connectivity index (χ1) is 9.90. The summed E-state index contributed by atoms with van der Waals surface area (Å²) in [4.78, 5) is 22.1. The Kier molecular flexibility index (Phi) is 8.67. The quantitative estimate of drug-likeness (QED) is 0.565. The van der Waals surface area contributed by atoms with Crippen LogP contribution in [-0.2, 0) is 11.2 Å². The number of benzene rings is 1. The predicted octanol–water partition coefficient (Wildman–Crippen LogP) is 2.58. The largest absolute Gasteiger partial charge is 0.354 e. The minimum absolute atomic E-state index is 0. The van der Waals surface area contributed by atoms with E-state index < -0.39 is 4.92 Å². The van der Waals surface area contributed by atoms with Gasteiger partial charge in [-0.2, -0.15) is 0 Å². The van der Waals surface area contributed by atoms with E-state index >= 15 is 0 Å². The fraction of sp³-hybridized carbons (Fsp3) is 0.533. The molecule has 7 heteroatoms. The average Bonchev–Trinajstić information content (AvgIpc) is 2.50. The smallest absolute Gasteiger partial charge is 0.269 e. The van der Waals surface area contributed by atoms with E-state index in [0.717, 1.165) is 18.4 Å². The highest BCUT2D eigenvalue weighted by Gasteiger charge is 2.20. The zero-order valence-electron chi connectivity index (χ0n) is 13.0. The van der Waals surface area contributed by atoms with Crippen molar-refractivity contribution in [2.75, 3.05) is 6.54 Å². The molecule has 1 aromatic rings. The number of nitro groups is 1. The molecule has 0 aliphatic heterocycles. The molecule has 0 saturated carbocycles. The molecule has 0 saturated heterocycles. The molecule has 3 N–H and O–H groups in total. The zero-order valence-corrected chi connectivity index (χ0v) is 13.8. The van der Waals surface area contributed by atoms with Crippen molar-refractivity contribution in [3.8, 4) is 0 Å². The molecular formula is C15H24ClN3O3. The third-order valence-corrected chi connectivity index (χ3v) is 3.81. The fourth-order valence-corrected chi connectivity index (χ4v) is 1.95. The molecule has 0 bridgehead atoms. The third kappa shape index (κ3) is 6.41. The van der Waals surface area contributed by atoms with Gasteiger partial charge in [0.05, 0.1) is 4.92 Å². The SMILES string of the molecule is CCC(N)(CC)CNC(=O)CCc1cccc([N+](=O)[O-])c1.Cl. The molecule has 0 aromatic heterocycles. The van der Waals surface area contributed by atoms with Gasteiger partial charge in [-0.3, -0.25) is 14.9 Å². The van der Waals surface area contributed by atoms with Crippen molar-refractivity contribution in [2.24, 2.45) is 5.73 Å². The molecule has 1 aromatic carbocycles. The van der Waals surface area contributed by atoms with Gasteiger partial charge in [-0.1, -0.05) is 26.0 Å². The van der Waals surface area contributed by atoms with Crippen LogP contribution in [0.2, 0.25) is 0 Å². The molecule has 1 rings (SSSR count). The van der Waals surface area contributed by atoms with Crippen LogP contribution in [0.15, 0.2) is 24.3 Å². The van der Waals surface area contributed by atoms with Crippen molar-refractivity contribution < 1.29 is 9.72 Å². The lowest BCUT2D eigenvalue weighted by Crippen LogP contribution is -2.49. The van der Waals surface area contributed by atoms with E-state index in [1.807, 2.05) is 13.8 Å². The van der Waals surface area contributed by atoms with E-state index in [0.29, 0.717) is 19.4 Å². The number of nitrogens with two attached hydrogens (primary N) is 1. The Morgan fingerprint density at radius 2 is 2.00 bits per heavy atom. The molecule has 124 valence electrons. The summed E-state index contributed by atoms with van der Waals surface area (Å²) in [7, 11) is 0. The maximum atomic E-state index is 11.8. The first-order valence-electron chi connectivity index (χ1n) is 7.19. The van der Waals surface area contributed by atoms with Gasteiger partial charge in [0.2, 0.25) is 5.91 Å². The van der Waals surface area contributed by atoms with Crippen LogP contribution in [0.25, 0.3) is 0 Å². The summed E-state index contributed by atoms with van der Waals surface area (Å²) >= 11 is 0. The van der Waals surface area contributed by atoms with Crippen molar-refractivity contribution in [1.82, 2.24) is 5.32 Å². The van der Waals surface area contributed by atoms with Gasteiger partial charge < -0.3 is 11.1 Å². The number of non-ortho nitro benzene ring substituents is 1. The molecule has 0 aliphatic rings. The number of carbonyl (C=O) groups is 1. The summed E-state index contributed by atoms with van der Waals surface area (Å²) in [6, 6.07) is 6.35. The van der Waals surface area contributed by atoms with E-state index in [1.165, 1.54) is 12.1 Å². The average molecular weight is 330 g/mol. The van der Waals surface area contributed by atoms with Crippen LogP contribution in [-0.4, -0.2) is 22.9 Å². The van der Waals surface area contributed by atoms with Crippen molar-refractivity contribution in [2.45, 2.75) is 45.1 Å². The Hall–Kier alpha value is -1.66. The first-order valence-corrected chi connectivity index (χ1v) is 7.19. The van der Waals surface area contributed by atoms with Gasteiger partial charge >= 0.3 is 0 Å². The van der Waals surface area contributed by atoms with E-state index in [4.69, 9.17) is 5.73 Å². The number of halogens is 1. The highest BCUT2D eigenvalue weighted by atomic mass is 35.5. The first kappa shape index (κ1) is 20.3. The van der Waals surface area contributed by atoms with Crippen molar-refractivity contribution >= 4 is 24.0 Å². The number of aryl methyl sites for hydroxylation is 1. The lowest BCUT2D eigenvalue weighted by atomic mass is 9.94. The molecule has 22 heavy (non-hydrogen) atoms. The van der Waals surface area contributed by atoms with Gasteiger partial charge in [0, 0.05) is 30.6 Å². The minimum atomic E-state index is -0.436. The Morgan fingerprint density at radius 3 is 2.55 bits per heavy atom. The molecule has 0 radical (unpaired) electrons. The fourth-order valence-electron chi connectivity index (χ4n) is 1.95. The summed E-state index contributed by atoms with van der Waals surface area (Å²) in [6.07, 6.45) is 2.37. The van der Waals surface area contributed by atoms with Crippen molar-refractivity contribution in [3.63, 3.8) is 0 Å². The molecule has 0 spiro atoms. The zero-order chi connectivity index (χ0) is 15.9. The number of carbonyl (C=O) groups excluding carboxylic acids is 1. The van der Waals surface area contributed by atoms with Gasteiger partial charge in [-0.25, -0.2) is 0 Å². The molecule has 0 aliphatic carbocycles. The Balaban J connectivity index is 0.00000441. The summed E-state index contributed by atoms with van der Waals surface area (Å²) in [5, 5.41) is 13.5. The number of nitro benzene ring substituents is 1. The van der Waals surface area contributed by atoms with Gasteiger partial charge in [0.15, 0.2) is 0 Å². The lowest BCUT2D eigenvalue weighted by Gasteiger charge is -2.26. The van der Waals surface area contributed by atoms with Crippen LogP contribution < -0.4 is 11.1 Å². The maximum absolute atomic E-state index is 11.8. The molecule has 0 unspecified atom stereocenters. The Bertz CT molecular complexity index is 505. The van der Waals surface area contributed by atoms with Gasteiger partial charge in [-0.05, 0) is 24.8 Å². The molecule has 0 heterocycles. The predicted molar refractivity (Wildman–Crippen MR) is 89.2 cm³/mol. The maximum Gasteiger partial charge on any atom is 0.269 e. The van der Waals surface area contributed by atoms with E-state index in [1.54, 1.807) is 12.1 Å². The third-order valence-electron chi connectivity index (χ3n) is 3.81. The van der Waals surface area contributed by atoms with Gasteiger partial charge in [0.25, 0.3) is 5.69 Å². The summed E-state index contributed by atoms with van der Waals surface area (Å²) < 4.78 is 0. The lowest BCUT2D eigenvalue weighted by molar-refractivity contribution is -0.384. The molecule has 1 amide bonds. The molecule has 0 atom stereocenters. The second-order valence-electron chi connectivity index (χ2n) is 5.27. The van der Waals surface area contributed by atoms with E-state index in [2.05, 4.69) is 5.32 Å². The molecule has 0 fully saturated rings. The highest BCUT2D eigenvalue weighted by molar-refractivity contribution is 5.85. The van der Waals surface area contributed by atoms with Gasteiger partial charge in [0.1, 0.15) is 0 Å². The highest BCUT2D eigenvalue weighted by Crippen LogP contribution is 2.14. The standard InChI is InChI=1S/C15H23N3O3.ClH/c1-3-15(16,4-2)11-17-14(19)9-8-12-6-5-7-13(10-12)18(20)21;/h5-7,10H,3-4,8-9,11,16H2,1-2H3,(H,17,19);1H. The Labute approximate surface area is 137 Å². The van der Waals surface area contributed by atoms with Crippen molar-refractivity contribution in [1.29, 1.82) is 0 Å². The van der Waals surface area contributed by atoms with Crippen molar-refractivity contribution in [3.05, 3.63) is 39.9 Å². The number of amides is 1. The number of nitrogens with zero attached hydrogens (tertiary/aromatic N) is 1. The normalized spacial score (nSPS) is 10.7. The topological polar surface area (TPSA) is 98.3 Å². The second-order valence-corrected chi connectivity index (χ2v) is 5.27. The summed E-state index contributed by atoms with van der Waals surface area (Å²) in [5.74, 6) is -0.0850. The Morgan fingerprint density at radius 1 is 1.36 bits per heavy atom. The van der Waals surface area contributed by atoms with E-state index in [9.17, 15) is 14.9 Å². The number of hydrogen-bond donors (Lipinski definition) is 2. The van der Waals surface area contributed by atoms with Crippen LogP contribution >= 0.6 is 12.4 Å². The van der Waals surface area contributed by atoms with Crippen LogP contribution in [0.5, 0.6) is 0 Å². The van der Waals surface area contributed by atoms with Crippen LogP contribution in [0.3, 0.4) is 0 Å².